The van der Waals surface area contributed by atoms with Crippen LogP contribution >= 0.6 is 0 Å². The van der Waals surface area contributed by atoms with Gasteiger partial charge in [0.05, 0.1) is 18.2 Å². The number of carbonyl (C=O) groups excluding carboxylic acids is 1. The molecule has 1 N–H and O–H groups in total. The number of hydrogen-bond donors (Lipinski definition) is 1. The van der Waals surface area contributed by atoms with Gasteiger partial charge in [0.2, 0.25) is 0 Å². The molecule has 104 valence electrons. The van der Waals surface area contributed by atoms with Gasteiger partial charge in [-0.2, -0.15) is 0 Å². The predicted octanol–water partition coefficient (Wildman–Crippen LogP) is 3.50. The molecule has 4 nitrogen and oxygen atoms in total. The van der Waals surface area contributed by atoms with E-state index >= 15 is 0 Å². The summed E-state index contributed by atoms with van der Waals surface area (Å²) in [6.45, 7) is 0. The predicted molar refractivity (Wildman–Crippen MR) is 82.7 cm³/mol. The number of hydrogen-bond acceptors (Lipinski definition) is 3. The van der Waals surface area contributed by atoms with Crippen molar-refractivity contribution in [3.8, 4) is 5.75 Å². The van der Waals surface area contributed by atoms with Crippen molar-refractivity contribution in [3.63, 3.8) is 0 Å². The molecule has 0 spiro atoms. The van der Waals surface area contributed by atoms with Gasteiger partial charge >= 0.3 is 0 Å². The fraction of sp³-hybridized carbons (Fsp3) is 0.0588. The van der Waals surface area contributed by atoms with Crippen LogP contribution in [0, 0.1) is 0 Å². The summed E-state index contributed by atoms with van der Waals surface area (Å²) >= 11 is 0. The van der Waals surface area contributed by atoms with Crippen LogP contribution in [0.1, 0.15) is 10.4 Å². The van der Waals surface area contributed by atoms with E-state index < -0.39 is 0 Å². The molecule has 0 aliphatic rings. The van der Waals surface area contributed by atoms with Crippen LogP contribution in [0.4, 0.5) is 5.82 Å². The van der Waals surface area contributed by atoms with E-state index in [0.29, 0.717) is 17.1 Å². The fourth-order valence-electron chi connectivity index (χ4n) is 2.15. The smallest absolute Gasteiger partial charge is 0.260 e. The molecule has 0 atom stereocenters. The Balaban J connectivity index is 1.89. The number of para-hydroxylation sites is 2. The molecule has 3 aromatic rings. The second-order valence-corrected chi connectivity index (χ2v) is 4.54. The highest BCUT2D eigenvalue weighted by molar-refractivity contribution is 6.06. The first-order chi connectivity index (χ1) is 10.3. The van der Waals surface area contributed by atoms with Crippen LogP contribution < -0.4 is 10.1 Å². The topological polar surface area (TPSA) is 51.2 Å². The molecule has 0 bridgehead atoms. The van der Waals surface area contributed by atoms with Gasteiger partial charge in [-0.1, -0.05) is 30.3 Å². The number of benzene rings is 2. The Kier molecular flexibility index (Phi) is 3.51. The minimum atomic E-state index is -0.241. The molecule has 0 aliphatic carbocycles. The van der Waals surface area contributed by atoms with Crippen LogP contribution in [0.5, 0.6) is 5.75 Å². The molecule has 3 rings (SSSR count). The molecule has 0 saturated carbocycles. The van der Waals surface area contributed by atoms with Crippen LogP contribution in [-0.4, -0.2) is 18.0 Å². The maximum atomic E-state index is 12.3. The van der Waals surface area contributed by atoms with Gasteiger partial charge in [0.1, 0.15) is 11.6 Å². The minimum absolute atomic E-state index is 0.241. The Morgan fingerprint density at radius 3 is 2.62 bits per heavy atom. The molecule has 0 aliphatic heterocycles. The van der Waals surface area contributed by atoms with E-state index in [9.17, 15) is 4.79 Å². The minimum Gasteiger partial charge on any atom is -0.496 e. The molecule has 0 fully saturated rings. The van der Waals surface area contributed by atoms with E-state index in [1.54, 1.807) is 31.4 Å². The van der Waals surface area contributed by atoms with Gasteiger partial charge in [0, 0.05) is 5.39 Å². The number of nitrogens with one attached hydrogen (secondary N) is 1. The van der Waals surface area contributed by atoms with Crippen LogP contribution in [0.25, 0.3) is 10.9 Å². The molecule has 2 aromatic carbocycles. The summed E-state index contributed by atoms with van der Waals surface area (Å²) in [6.07, 6.45) is 0. The lowest BCUT2D eigenvalue weighted by Gasteiger charge is -2.09. The Bertz CT molecular complexity index is 799. The van der Waals surface area contributed by atoms with Crippen LogP contribution in [-0.2, 0) is 0 Å². The highest BCUT2D eigenvalue weighted by Gasteiger charge is 2.12. The highest BCUT2D eigenvalue weighted by atomic mass is 16.5. The van der Waals surface area contributed by atoms with Gasteiger partial charge in [-0.25, -0.2) is 4.98 Å². The van der Waals surface area contributed by atoms with Gasteiger partial charge in [-0.3, -0.25) is 4.79 Å². The summed E-state index contributed by atoms with van der Waals surface area (Å²) in [7, 11) is 1.54. The highest BCUT2D eigenvalue weighted by Crippen LogP contribution is 2.20. The summed E-state index contributed by atoms with van der Waals surface area (Å²) in [4.78, 5) is 16.7. The third kappa shape index (κ3) is 2.69. The molecule has 0 saturated heterocycles. The van der Waals surface area contributed by atoms with Crippen LogP contribution in [0.2, 0.25) is 0 Å². The summed E-state index contributed by atoms with van der Waals surface area (Å²) in [5.41, 5.74) is 1.32. The van der Waals surface area contributed by atoms with Crippen molar-refractivity contribution in [2.75, 3.05) is 12.4 Å². The number of nitrogens with zero attached hydrogens (tertiary/aromatic N) is 1. The van der Waals surface area contributed by atoms with Crippen molar-refractivity contribution in [2.24, 2.45) is 0 Å². The first kappa shape index (κ1) is 13.1. The third-order valence-electron chi connectivity index (χ3n) is 3.19. The standard InChI is InChI=1S/C17H14N2O2/c1-21-15-9-5-3-7-13(15)17(20)19-16-11-10-12-6-2-4-8-14(12)18-16/h2-11H,1H3,(H,18,19,20). The Morgan fingerprint density at radius 2 is 1.76 bits per heavy atom. The van der Waals surface area contributed by atoms with Crippen LogP contribution in [0.3, 0.4) is 0 Å². The summed E-state index contributed by atoms with van der Waals surface area (Å²) in [5.74, 6) is 0.815. The van der Waals surface area contributed by atoms with Crippen molar-refractivity contribution in [1.82, 2.24) is 4.98 Å². The van der Waals surface area contributed by atoms with Crippen molar-refractivity contribution in [2.45, 2.75) is 0 Å². The molecule has 0 radical (unpaired) electrons. The second kappa shape index (κ2) is 5.63. The van der Waals surface area contributed by atoms with E-state index in [0.717, 1.165) is 10.9 Å². The first-order valence-electron chi connectivity index (χ1n) is 6.58. The number of fused-ring (bicyclic) bond motifs is 1. The average molecular weight is 278 g/mol. The van der Waals surface area contributed by atoms with Gasteiger partial charge in [0.25, 0.3) is 5.91 Å². The average Bonchev–Trinajstić information content (AvgIpc) is 2.54. The number of anilines is 1. The van der Waals surface area contributed by atoms with Crippen molar-refractivity contribution < 1.29 is 9.53 Å². The number of aromatic nitrogens is 1. The molecular weight excluding hydrogens is 264 g/mol. The normalized spacial score (nSPS) is 10.3. The molecular formula is C17H14N2O2. The quantitative estimate of drug-likeness (QED) is 0.797. The molecule has 1 amide bonds. The number of carbonyl (C=O) groups is 1. The zero-order valence-electron chi connectivity index (χ0n) is 11.5. The lowest BCUT2D eigenvalue weighted by molar-refractivity contribution is 0.102. The van der Waals surface area contributed by atoms with E-state index in [-0.39, 0.29) is 5.91 Å². The van der Waals surface area contributed by atoms with Crippen molar-refractivity contribution in [1.29, 1.82) is 0 Å². The molecule has 21 heavy (non-hydrogen) atoms. The lowest BCUT2D eigenvalue weighted by Crippen LogP contribution is -2.14. The lowest BCUT2D eigenvalue weighted by atomic mass is 10.2. The number of methoxy groups -OCH3 is 1. The Labute approximate surface area is 122 Å². The molecule has 1 aromatic heterocycles. The van der Waals surface area contributed by atoms with Gasteiger partial charge in [-0.15, -0.1) is 0 Å². The zero-order valence-corrected chi connectivity index (χ0v) is 11.5. The van der Waals surface area contributed by atoms with E-state index in [1.165, 1.54) is 0 Å². The second-order valence-electron chi connectivity index (χ2n) is 4.54. The van der Waals surface area contributed by atoms with Crippen LogP contribution in [0.15, 0.2) is 60.7 Å². The zero-order chi connectivity index (χ0) is 14.7. The maximum absolute atomic E-state index is 12.3. The molecule has 0 unspecified atom stereocenters. The van der Waals surface area contributed by atoms with Crippen molar-refractivity contribution in [3.05, 3.63) is 66.2 Å². The number of ether oxygens (including phenoxy) is 1. The summed E-state index contributed by atoms with van der Waals surface area (Å²) < 4.78 is 5.19. The third-order valence-corrected chi connectivity index (χ3v) is 3.19. The molecule has 1 heterocycles. The number of rotatable bonds is 3. The van der Waals surface area contributed by atoms with E-state index in [1.807, 2.05) is 36.4 Å². The Hall–Kier alpha value is -2.88. The van der Waals surface area contributed by atoms with E-state index in [4.69, 9.17) is 4.74 Å². The van der Waals surface area contributed by atoms with Gasteiger partial charge in [0.15, 0.2) is 0 Å². The first-order valence-corrected chi connectivity index (χ1v) is 6.58. The Morgan fingerprint density at radius 1 is 1.00 bits per heavy atom. The number of amides is 1. The van der Waals surface area contributed by atoms with E-state index in [2.05, 4.69) is 10.3 Å². The SMILES string of the molecule is COc1ccccc1C(=O)Nc1ccc2ccccc2n1. The summed E-state index contributed by atoms with van der Waals surface area (Å²) in [6, 6.07) is 18.6. The maximum Gasteiger partial charge on any atom is 0.260 e. The molecule has 4 heteroatoms. The number of pyridine rings is 1. The largest absolute Gasteiger partial charge is 0.496 e. The van der Waals surface area contributed by atoms with Gasteiger partial charge in [-0.05, 0) is 30.3 Å². The monoisotopic (exact) mass is 278 g/mol. The van der Waals surface area contributed by atoms with Crippen molar-refractivity contribution >= 4 is 22.6 Å². The summed E-state index contributed by atoms with van der Waals surface area (Å²) in [5, 5.41) is 3.83. The van der Waals surface area contributed by atoms with Gasteiger partial charge < -0.3 is 10.1 Å². The fourth-order valence-corrected chi connectivity index (χ4v) is 2.15.